The van der Waals surface area contributed by atoms with Crippen molar-refractivity contribution in [2.45, 2.75) is 13.8 Å². The van der Waals surface area contributed by atoms with Crippen LogP contribution in [0.5, 0.6) is 5.75 Å². The first-order chi connectivity index (χ1) is 8.42. The Balaban J connectivity index is 0.000000360. The van der Waals surface area contributed by atoms with Crippen LogP contribution < -0.4 is 16.0 Å². The Kier molecular flexibility index (Phi) is 7.14. The van der Waals surface area contributed by atoms with E-state index in [-0.39, 0.29) is 17.4 Å². The van der Waals surface area contributed by atoms with Crippen LogP contribution in [0.2, 0.25) is 0 Å². The van der Waals surface area contributed by atoms with Crippen molar-refractivity contribution < 1.29 is 19.4 Å². The molecule has 0 spiro atoms. The number of benzene rings is 1. The predicted octanol–water partition coefficient (Wildman–Crippen LogP) is 1.03. The summed E-state index contributed by atoms with van der Waals surface area (Å²) in [4.78, 5) is 20.6. The maximum atomic E-state index is 10.4. The van der Waals surface area contributed by atoms with Crippen molar-refractivity contribution in [2.75, 3.05) is 7.11 Å². The summed E-state index contributed by atoms with van der Waals surface area (Å²) < 4.78 is 4.86. The van der Waals surface area contributed by atoms with Crippen molar-refractivity contribution in [3.63, 3.8) is 0 Å². The fourth-order valence-corrected chi connectivity index (χ4v) is 0.900. The third-order valence-electron chi connectivity index (χ3n) is 2.00. The van der Waals surface area contributed by atoms with E-state index >= 15 is 0 Å². The third-order valence-corrected chi connectivity index (χ3v) is 2.00. The highest BCUT2D eigenvalue weighted by atomic mass is 16.5. The van der Waals surface area contributed by atoms with E-state index in [0.717, 1.165) is 0 Å². The monoisotopic (exact) mass is 254 g/mol. The van der Waals surface area contributed by atoms with E-state index in [1.165, 1.54) is 19.2 Å². The molecule has 4 N–H and O–H groups in total. The minimum Gasteiger partial charge on any atom is -0.497 e. The molecule has 0 unspecified atom stereocenters. The third kappa shape index (κ3) is 5.86. The van der Waals surface area contributed by atoms with Gasteiger partial charge >= 0.3 is 5.97 Å². The van der Waals surface area contributed by atoms with Gasteiger partial charge in [0.15, 0.2) is 0 Å². The summed E-state index contributed by atoms with van der Waals surface area (Å²) in [7, 11) is 1.54. The number of carboxylic acid groups (broad SMARTS) is 1. The average Bonchev–Trinajstić information content (AvgIpc) is 2.38. The van der Waals surface area contributed by atoms with E-state index in [2.05, 4.69) is 0 Å². The number of aromatic carboxylic acids is 1. The van der Waals surface area contributed by atoms with Crippen molar-refractivity contribution in [1.82, 2.24) is 5.43 Å². The lowest BCUT2D eigenvalue weighted by molar-refractivity contribution is -0.124. The van der Waals surface area contributed by atoms with E-state index in [9.17, 15) is 9.59 Å². The number of amides is 1. The van der Waals surface area contributed by atoms with Crippen molar-refractivity contribution >= 4 is 11.9 Å². The molecule has 0 saturated heterocycles. The van der Waals surface area contributed by atoms with Gasteiger partial charge in [-0.2, -0.15) is 0 Å². The lowest BCUT2D eigenvalue weighted by Crippen LogP contribution is -2.33. The Labute approximate surface area is 106 Å². The second-order valence-electron chi connectivity index (χ2n) is 3.70. The molecule has 0 aliphatic rings. The molecule has 1 aromatic carbocycles. The Hall–Kier alpha value is -2.08. The molecule has 0 bridgehead atoms. The predicted molar refractivity (Wildman–Crippen MR) is 67.1 cm³/mol. The zero-order valence-electron chi connectivity index (χ0n) is 10.6. The molecule has 0 heterocycles. The van der Waals surface area contributed by atoms with Gasteiger partial charge < -0.3 is 9.84 Å². The molecule has 0 aromatic heterocycles. The van der Waals surface area contributed by atoms with Gasteiger partial charge in [-0.05, 0) is 24.3 Å². The molecule has 1 amide bonds. The normalized spacial score (nSPS) is 9.17. The van der Waals surface area contributed by atoms with Gasteiger partial charge in [0.05, 0.1) is 12.7 Å². The van der Waals surface area contributed by atoms with Gasteiger partial charge in [-0.3, -0.25) is 10.2 Å². The molecule has 6 nitrogen and oxygen atoms in total. The number of methoxy groups -OCH3 is 1. The minimum absolute atomic E-state index is 0.00926. The fraction of sp³-hybridized carbons (Fsp3) is 0.333. The largest absolute Gasteiger partial charge is 0.497 e. The average molecular weight is 254 g/mol. The number of carboxylic acids is 1. The molecule has 0 atom stereocenters. The molecule has 1 aromatic rings. The Bertz CT molecular complexity index is 388. The van der Waals surface area contributed by atoms with Gasteiger partial charge in [0.25, 0.3) is 0 Å². The van der Waals surface area contributed by atoms with E-state index in [4.69, 9.17) is 15.7 Å². The first kappa shape index (κ1) is 15.9. The molecule has 0 saturated carbocycles. The van der Waals surface area contributed by atoms with Gasteiger partial charge in [-0.1, -0.05) is 13.8 Å². The number of nitrogens with two attached hydrogens (primary N) is 1. The van der Waals surface area contributed by atoms with E-state index in [0.29, 0.717) is 5.75 Å². The van der Waals surface area contributed by atoms with Crippen LogP contribution in [0.3, 0.4) is 0 Å². The van der Waals surface area contributed by atoms with E-state index in [1.807, 2.05) is 5.43 Å². The van der Waals surface area contributed by atoms with Crippen LogP contribution in [-0.4, -0.2) is 24.1 Å². The number of hydrogen-bond donors (Lipinski definition) is 3. The number of carbonyl (C=O) groups excluding carboxylic acids is 1. The summed E-state index contributed by atoms with van der Waals surface area (Å²) in [6.45, 7) is 3.56. The standard InChI is InChI=1S/C8H8O3.C4H10N2O/c1-11-7-4-2-6(3-5-7)8(9)10;1-3(2)4(7)6-5/h2-5H,1H3,(H,9,10);3H,5H2,1-2H3,(H,6,7). The van der Waals surface area contributed by atoms with Gasteiger partial charge in [0, 0.05) is 5.92 Å². The topological polar surface area (TPSA) is 102 Å². The van der Waals surface area contributed by atoms with Crippen molar-refractivity contribution in [2.24, 2.45) is 11.8 Å². The summed E-state index contributed by atoms with van der Waals surface area (Å²) in [5.41, 5.74) is 2.29. The lowest BCUT2D eigenvalue weighted by atomic mass is 10.2. The number of rotatable bonds is 3. The van der Waals surface area contributed by atoms with Crippen LogP contribution in [0.1, 0.15) is 24.2 Å². The summed E-state index contributed by atoms with van der Waals surface area (Å²) in [5, 5.41) is 8.51. The molecule has 100 valence electrons. The SMILES string of the molecule is CC(C)C(=O)NN.COc1ccc(C(=O)O)cc1. The van der Waals surface area contributed by atoms with Crippen LogP contribution in [0.25, 0.3) is 0 Å². The Morgan fingerprint density at radius 3 is 2.00 bits per heavy atom. The van der Waals surface area contributed by atoms with Crippen LogP contribution in [0, 0.1) is 5.92 Å². The highest BCUT2D eigenvalue weighted by molar-refractivity contribution is 5.87. The molecule has 0 aliphatic heterocycles. The first-order valence-corrected chi connectivity index (χ1v) is 5.30. The molecular formula is C12H18N2O4. The fourth-order valence-electron chi connectivity index (χ4n) is 0.900. The summed E-state index contributed by atoms with van der Waals surface area (Å²) in [6.07, 6.45) is 0. The van der Waals surface area contributed by atoms with Crippen LogP contribution >= 0.6 is 0 Å². The second kappa shape index (κ2) is 8.08. The van der Waals surface area contributed by atoms with Crippen LogP contribution in [0.15, 0.2) is 24.3 Å². The molecular weight excluding hydrogens is 236 g/mol. The Morgan fingerprint density at radius 1 is 1.28 bits per heavy atom. The van der Waals surface area contributed by atoms with Gasteiger partial charge in [-0.25, -0.2) is 10.6 Å². The first-order valence-electron chi connectivity index (χ1n) is 5.30. The number of hydrazine groups is 1. The number of carbonyl (C=O) groups is 2. The molecule has 0 aliphatic carbocycles. The zero-order valence-corrected chi connectivity index (χ0v) is 10.6. The quantitative estimate of drug-likeness (QED) is 0.425. The highest BCUT2D eigenvalue weighted by Gasteiger charge is 2.01. The lowest BCUT2D eigenvalue weighted by Gasteiger charge is -1.98. The number of hydrogen-bond acceptors (Lipinski definition) is 4. The summed E-state index contributed by atoms with van der Waals surface area (Å²) >= 11 is 0. The number of nitrogens with one attached hydrogen (secondary N) is 1. The molecule has 6 heteroatoms. The van der Waals surface area contributed by atoms with Gasteiger partial charge in [0.1, 0.15) is 5.75 Å². The summed E-state index contributed by atoms with van der Waals surface area (Å²) in [5.74, 6) is 4.38. The smallest absolute Gasteiger partial charge is 0.335 e. The minimum atomic E-state index is -0.923. The van der Waals surface area contributed by atoms with Crippen molar-refractivity contribution in [3.05, 3.63) is 29.8 Å². The zero-order chi connectivity index (χ0) is 14.1. The van der Waals surface area contributed by atoms with Gasteiger partial charge in [-0.15, -0.1) is 0 Å². The Morgan fingerprint density at radius 2 is 1.78 bits per heavy atom. The summed E-state index contributed by atoms with van der Waals surface area (Å²) in [6, 6.07) is 6.23. The molecule has 1 rings (SSSR count). The highest BCUT2D eigenvalue weighted by Crippen LogP contribution is 2.10. The molecule has 0 radical (unpaired) electrons. The van der Waals surface area contributed by atoms with E-state index in [1.54, 1.807) is 26.0 Å². The van der Waals surface area contributed by atoms with Crippen LogP contribution in [-0.2, 0) is 4.79 Å². The van der Waals surface area contributed by atoms with Crippen LogP contribution in [0.4, 0.5) is 0 Å². The molecule has 0 fully saturated rings. The van der Waals surface area contributed by atoms with Crippen molar-refractivity contribution in [1.29, 1.82) is 0 Å². The number of ether oxygens (including phenoxy) is 1. The maximum absolute atomic E-state index is 10.4. The maximum Gasteiger partial charge on any atom is 0.335 e. The van der Waals surface area contributed by atoms with Gasteiger partial charge in [0.2, 0.25) is 5.91 Å². The van der Waals surface area contributed by atoms with Crippen molar-refractivity contribution in [3.8, 4) is 5.75 Å². The second-order valence-corrected chi connectivity index (χ2v) is 3.70. The molecule has 18 heavy (non-hydrogen) atoms. The van der Waals surface area contributed by atoms with E-state index < -0.39 is 5.97 Å².